The van der Waals surface area contributed by atoms with E-state index in [2.05, 4.69) is 0 Å². The van der Waals surface area contributed by atoms with Crippen LogP contribution in [0.25, 0.3) is 0 Å². The van der Waals surface area contributed by atoms with Gasteiger partial charge in [-0.1, -0.05) is 42.5 Å². The predicted molar refractivity (Wildman–Crippen MR) is 101 cm³/mol. The summed E-state index contributed by atoms with van der Waals surface area (Å²) in [6, 6.07) is 15.7. The van der Waals surface area contributed by atoms with Crippen molar-refractivity contribution in [3.05, 3.63) is 65.7 Å². The lowest BCUT2D eigenvalue weighted by atomic mass is 10.1. The smallest absolute Gasteiger partial charge is 0.341 e. The average molecular weight is 366 g/mol. The summed E-state index contributed by atoms with van der Waals surface area (Å²) in [4.78, 5) is 40.6. The number of hydrogen-bond donors (Lipinski definition) is 0. The maximum absolute atomic E-state index is 12.9. The lowest BCUT2D eigenvalue weighted by Crippen LogP contribution is -2.32. The molecule has 27 heavy (non-hydrogen) atoms. The van der Waals surface area contributed by atoms with Gasteiger partial charge in [-0.2, -0.15) is 0 Å². The maximum Gasteiger partial charge on any atom is 0.341 e. The fourth-order valence-electron chi connectivity index (χ4n) is 3.08. The van der Waals surface area contributed by atoms with Crippen LogP contribution >= 0.6 is 0 Å². The monoisotopic (exact) mass is 366 g/mol. The molecule has 0 bridgehead atoms. The second-order valence-corrected chi connectivity index (χ2v) is 6.59. The molecular weight excluding hydrogens is 344 g/mol. The molecule has 6 heteroatoms. The third-order valence-corrected chi connectivity index (χ3v) is 4.48. The molecule has 140 valence electrons. The van der Waals surface area contributed by atoms with Gasteiger partial charge in [0.15, 0.2) is 0 Å². The Balaban J connectivity index is 1.91. The van der Waals surface area contributed by atoms with Gasteiger partial charge in [0, 0.05) is 32.6 Å². The summed E-state index contributed by atoms with van der Waals surface area (Å²) in [6.45, 7) is 0.571. The van der Waals surface area contributed by atoms with Crippen molar-refractivity contribution in [2.24, 2.45) is 0 Å². The summed E-state index contributed by atoms with van der Waals surface area (Å²) in [5, 5.41) is 0. The molecule has 1 fully saturated rings. The van der Waals surface area contributed by atoms with Crippen molar-refractivity contribution in [2.75, 3.05) is 25.5 Å². The highest BCUT2D eigenvalue weighted by Crippen LogP contribution is 2.28. The van der Waals surface area contributed by atoms with Crippen molar-refractivity contribution in [1.82, 2.24) is 4.90 Å². The molecule has 0 radical (unpaired) electrons. The number of para-hydroxylation sites is 1. The third kappa shape index (κ3) is 4.00. The number of carbonyl (C=O) groups excluding carboxylic acids is 3. The molecular formula is C21H22N2O4. The van der Waals surface area contributed by atoms with E-state index in [1.807, 2.05) is 6.07 Å². The summed E-state index contributed by atoms with van der Waals surface area (Å²) in [5.41, 5.74) is 1.40. The van der Waals surface area contributed by atoms with Crippen molar-refractivity contribution in [3.63, 3.8) is 0 Å². The Morgan fingerprint density at radius 1 is 1.04 bits per heavy atom. The van der Waals surface area contributed by atoms with Gasteiger partial charge < -0.3 is 14.5 Å². The van der Waals surface area contributed by atoms with Crippen LogP contribution in [0.4, 0.5) is 5.69 Å². The zero-order chi connectivity index (χ0) is 19.4. The fourth-order valence-corrected chi connectivity index (χ4v) is 3.08. The number of likely N-dealkylation sites (N-methyl/N-ethyl adjacent to an activating group) is 1. The topological polar surface area (TPSA) is 66.9 Å². The SMILES string of the molecule is CN(C)C(=O)[C@H](OC(=O)c1ccccc1N1CCCC1=O)c1ccccc1. The summed E-state index contributed by atoms with van der Waals surface area (Å²) in [6.07, 6.45) is 0.180. The minimum absolute atomic E-state index is 0.0146. The highest BCUT2D eigenvalue weighted by molar-refractivity contribution is 6.04. The molecule has 0 aromatic heterocycles. The molecule has 0 spiro atoms. The number of esters is 1. The highest BCUT2D eigenvalue weighted by atomic mass is 16.5. The number of benzene rings is 2. The summed E-state index contributed by atoms with van der Waals surface area (Å²) >= 11 is 0. The predicted octanol–water partition coefficient (Wildman–Crippen LogP) is 2.80. The van der Waals surface area contributed by atoms with E-state index in [4.69, 9.17) is 4.74 Å². The van der Waals surface area contributed by atoms with Gasteiger partial charge in [-0.3, -0.25) is 9.59 Å². The van der Waals surface area contributed by atoms with Crippen LogP contribution in [0.15, 0.2) is 54.6 Å². The van der Waals surface area contributed by atoms with Crippen molar-refractivity contribution in [3.8, 4) is 0 Å². The molecule has 0 N–H and O–H groups in total. The lowest BCUT2D eigenvalue weighted by molar-refractivity contribution is -0.138. The van der Waals surface area contributed by atoms with Gasteiger partial charge in [-0.25, -0.2) is 4.79 Å². The van der Waals surface area contributed by atoms with Gasteiger partial charge in [-0.15, -0.1) is 0 Å². The summed E-state index contributed by atoms with van der Waals surface area (Å²) in [7, 11) is 3.23. The molecule has 2 aromatic carbocycles. The van der Waals surface area contributed by atoms with E-state index in [1.165, 1.54) is 4.90 Å². The number of rotatable bonds is 5. The van der Waals surface area contributed by atoms with Crippen molar-refractivity contribution in [2.45, 2.75) is 18.9 Å². The quantitative estimate of drug-likeness (QED) is 0.763. The van der Waals surface area contributed by atoms with Gasteiger partial charge >= 0.3 is 5.97 Å². The largest absolute Gasteiger partial charge is 0.444 e. The van der Waals surface area contributed by atoms with E-state index >= 15 is 0 Å². The van der Waals surface area contributed by atoms with Gasteiger partial charge in [0.2, 0.25) is 12.0 Å². The van der Waals surface area contributed by atoms with E-state index in [0.29, 0.717) is 24.2 Å². The fraction of sp³-hybridized carbons (Fsp3) is 0.286. The van der Waals surface area contributed by atoms with E-state index in [0.717, 1.165) is 6.42 Å². The Labute approximate surface area is 158 Å². The zero-order valence-corrected chi connectivity index (χ0v) is 15.4. The Morgan fingerprint density at radius 2 is 1.70 bits per heavy atom. The second-order valence-electron chi connectivity index (χ2n) is 6.59. The molecule has 1 atom stereocenters. The average Bonchev–Trinajstić information content (AvgIpc) is 3.11. The van der Waals surface area contributed by atoms with E-state index in [1.54, 1.807) is 67.5 Å². The maximum atomic E-state index is 12.9. The van der Waals surface area contributed by atoms with Gasteiger partial charge in [0.1, 0.15) is 0 Å². The minimum atomic E-state index is -1.05. The molecule has 1 heterocycles. The molecule has 2 amide bonds. The van der Waals surface area contributed by atoms with E-state index < -0.39 is 12.1 Å². The normalized spacial score (nSPS) is 14.7. The first-order valence-electron chi connectivity index (χ1n) is 8.85. The van der Waals surface area contributed by atoms with Gasteiger partial charge in [-0.05, 0) is 18.6 Å². The molecule has 0 saturated carbocycles. The van der Waals surface area contributed by atoms with Crippen LogP contribution in [-0.2, 0) is 14.3 Å². The van der Waals surface area contributed by atoms with E-state index in [-0.39, 0.29) is 17.4 Å². The second kappa shape index (κ2) is 8.03. The van der Waals surface area contributed by atoms with Crippen LogP contribution < -0.4 is 4.90 Å². The van der Waals surface area contributed by atoms with Gasteiger partial charge in [0.25, 0.3) is 5.91 Å². The molecule has 1 aliphatic heterocycles. The van der Waals surface area contributed by atoms with Crippen molar-refractivity contribution in [1.29, 1.82) is 0 Å². The third-order valence-electron chi connectivity index (χ3n) is 4.48. The number of amides is 2. The van der Waals surface area contributed by atoms with Crippen LogP contribution in [0.2, 0.25) is 0 Å². The highest BCUT2D eigenvalue weighted by Gasteiger charge is 2.30. The van der Waals surface area contributed by atoms with Crippen molar-refractivity contribution < 1.29 is 19.1 Å². The summed E-state index contributed by atoms with van der Waals surface area (Å²) < 4.78 is 5.61. The lowest BCUT2D eigenvalue weighted by Gasteiger charge is -2.23. The number of anilines is 1. The molecule has 1 saturated heterocycles. The Kier molecular flexibility index (Phi) is 5.54. The Morgan fingerprint density at radius 3 is 2.33 bits per heavy atom. The van der Waals surface area contributed by atoms with Crippen LogP contribution in [0.5, 0.6) is 0 Å². The van der Waals surface area contributed by atoms with Crippen molar-refractivity contribution >= 4 is 23.5 Å². The molecule has 2 aromatic rings. The van der Waals surface area contributed by atoms with Gasteiger partial charge in [0.05, 0.1) is 11.3 Å². The Bertz CT molecular complexity index is 848. The first-order valence-corrected chi connectivity index (χ1v) is 8.85. The molecule has 3 rings (SSSR count). The van der Waals surface area contributed by atoms with E-state index in [9.17, 15) is 14.4 Å². The summed E-state index contributed by atoms with van der Waals surface area (Å²) in [5.74, 6) is -0.974. The minimum Gasteiger partial charge on any atom is -0.444 e. The number of carbonyl (C=O) groups is 3. The molecule has 6 nitrogen and oxygen atoms in total. The number of hydrogen-bond acceptors (Lipinski definition) is 4. The molecule has 0 unspecified atom stereocenters. The van der Waals surface area contributed by atoms with Crippen LogP contribution in [-0.4, -0.2) is 43.3 Å². The molecule has 0 aliphatic carbocycles. The van der Waals surface area contributed by atoms with Crippen LogP contribution in [0.3, 0.4) is 0 Å². The van der Waals surface area contributed by atoms with Crippen LogP contribution in [0, 0.1) is 0 Å². The zero-order valence-electron chi connectivity index (χ0n) is 15.4. The standard InChI is InChI=1S/C21H22N2O4/c1-22(2)20(25)19(15-9-4-3-5-10-15)27-21(26)16-11-6-7-12-17(16)23-14-8-13-18(23)24/h3-7,9-12,19H,8,13-14H2,1-2H3/t19-/m1/s1. The Hall–Kier alpha value is -3.15. The first-order chi connectivity index (χ1) is 13.0. The number of ether oxygens (including phenoxy) is 1. The number of nitrogens with zero attached hydrogens (tertiary/aromatic N) is 2. The van der Waals surface area contributed by atoms with Crippen LogP contribution in [0.1, 0.15) is 34.9 Å². The molecule has 1 aliphatic rings. The first kappa shape index (κ1) is 18.6.